The maximum absolute atomic E-state index is 13.7. The zero-order valence-electron chi connectivity index (χ0n) is 9.91. The number of ether oxygens (including phenoxy) is 1. The van der Waals surface area contributed by atoms with E-state index in [2.05, 4.69) is 0 Å². The number of rotatable bonds is 5. The van der Waals surface area contributed by atoms with Crippen LogP contribution in [-0.4, -0.2) is 16.0 Å². The molecule has 0 radical (unpaired) electrons. The van der Waals surface area contributed by atoms with Crippen LogP contribution in [0.2, 0.25) is 0 Å². The van der Waals surface area contributed by atoms with E-state index < -0.39 is 28.0 Å². The fourth-order valence-electron chi connectivity index (χ4n) is 1.52. The van der Waals surface area contributed by atoms with Gasteiger partial charge in [-0.15, -0.1) is 11.3 Å². The number of thiophene rings is 1. The molecule has 0 aliphatic rings. The van der Waals surface area contributed by atoms with Gasteiger partial charge in [0.15, 0.2) is 11.6 Å². The van der Waals surface area contributed by atoms with Crippen LogP contribution in [0.1, 0.15) is 15.2 Å². The molecule has 1 heterocycles. The van der Waals surface area contributed by atoms with Crippen molar-refractivity contribution in [1.82, 2.24) is 0 Å². The number of carboxylic acid groups (broad SMARTS) is 1. The number of hydrogen-bond acceptors (Lipinski definition) is 5. The molecule has 0 amide bonds. The predicted molar refractivity (Wildman–Crippen MR) is 68.7 cm³/mol. The number of carbonyl (C=O) groups is 1. The third-order valence-corrected chi connectivity index (χ3v) is 3.28. The van der Waals surface area contributed by atoms with Gasteiger partial charge in [-0.2, -0.15) is 0 Å². The van der Waals surface area contributed by atoms with Crippen molar-refractivity contribution in [2.75, 3.05) is 0 Å². The second-order valence-electron chi connectivity index (χ2n) is 3.73. The molecule has 0 spiro atoms. The monoisotopic (exact) mass is 297 g/mol. The third kappa shape index (κ3) is 2.91. The summed E-state index contributed by atoms with van der Waals surface area (Å²) in [5.74, 6) is -2.82. The minimum Gasteiger partial charge on any atom is -0.485 e. The predicted octanol–water partition coefficient (Wildman–Crippen LogP) is 3.07. The first-order valence-corrected chi connectivity index (χ1v) is 6.23. The SMILES string of the molecule is O=C(O)c1cc(OCc2cccs2)c(F)cc1[N+](=O)[O-]. The minimum absolute atomic E-state index is 0.0610. The van der Waals surface area contributed by atoms with Crippen LogP contribution in [0.25, 0.3) is 0 Å². The van der Waals surface area contributed by atoms with E-state index in [-0.39, 0.29) is 12.4 Å². The summed E-state index contributed by atoms with van der Waals surface area (Å²) in [6.45, 7) is 0.0610. The molecule has 1 aromatic heterocycles. The van der Waals surface area contributed by atoms with Crippen LogP contribution in [0.3, 0.4) is 0 Å². The molecule has 0 saturated carbocycles. The molecule has 0 saturated heterocycles. The Morgan fingerprint density at radius 2 is 2.25 bits per heavy atom. The number of nitrogens with zero attached hydrogens (tertiary/aromatic N) is 1. The number of carboxylic acids is 1. The van der Waals surface area contributed by atoms with Gasteiger partial charge in [0.25, 0.3) is 5.69 Å². The Labute approximate surface area is 116 Å². The lowest BCUT2D eigenvalue weighted by molar-refractivity contribution is -0.385. The van der Waals surface area contributed by atoms with Gasteiger partial charge in [-0.05, 0) is 11.4 Å². The Balaban J connectivity index is 2.31. The highest BCUT2D eigenvalue weighted by Gasteiger charge is 2.24. The molecule has 0 unspecified atom stereocenters. The van der Waals surface area contributed by atoms with Crippen molar-refractivity contribution in [3.63, 3.8) is 0 Å². The number of benzene rings is 1. The van der Waals surface area contributed by atoms with Gasteiger partial charge in [-0.3, -0.25) is 10.1 Å². The Morgan fingerprint density at radius 1 is 1.50 bits per heavy atom. The molecule has 0 aliphatic heterocycles. The number of nitro groups is 1. The molecule has 2 rings (SSSR count). The van der Waals surface area contributed by atoms with Crippen molar-refractivity contribution < 1.29 is 24.0 Å². The van der Waals surface area contributed by atoms with E-state index in [9.17, 15) is 19.3 Å². The first kappa shape index (κ1) is 13.9. The van der Waals surface area contributed by atoms with Crippen molar-refractivity contribution in [2.24, 2.45) is 0 Å². The normalized spacial score (nSPS) is 10.2. The summed E-state index contributed by atoms with van der Waals surface area (Å²) in [7, 11) is 0. The molecule has 8 heteroatoms. The maximum atomic E-state index is 13.7. The van der Waals surface area contributed by atoms with E-state index in [4.69, 9.17) is 9.84 Å². The minimum atomic E-state index is -1.52. The van der Waals surface area contributed by atoms with Crippen molar-refractivity contribution in [3.8, 4) is 5.75 Å². The summed E-state index contributed by atoms with van der Waals surface area (Å²) in [6, 6.07) is 4.93. The summed E-state index contributed by atoms with van der Waals surface area (Å²) in [4.78, 5) is 21.5. The van der Waals surface area contributed by atoms with Crippen molar-refractivity contribution in [2.45, 2.75) is 6.61 Å². The van der Waals surface area contributed by atoms with Crippen molar-refractivity contribution in [1.29, 1.82) is 0 Å². The molecule has 0 bridgehead atoms. The van der Waals surface area contributed by atoms with E-state index >= 15 is 0 Å². The van der Waals surface area contributed by atoms with Gasteiger partial charge in [0.1, 0.15) is 12.2 Å². The second-order valence-corrected chi connectivity index (χ2v) is 4.76. The fraction of sp³-hybridized carbons (Fsp3) is 0.0833. The van der Waals surface area contributed by atoms with Gasteiger partial charge in [-0.1, -0.05) is 6.07 Å². The van der Waals surface area contributed by atoms with Crippen LogP contribution in [0.5, 0.6) is 5.75 Å². The van der Waals surface area contributed by atoms with Gasteiger partial charge >= 0.3 is 5.97 Å². The molecular formula is C12H8FNO5S. The third-order valence-electron chi connectivity index (χ3n) is 2.43. The molecule has 0 atom stereocenters. The Hall–Kier alpha value is -2.48. The highest BCUT2D eigenvalue weighted by Crippen LogP contribution is 2.28. The van der Waals surface area contributed by atoms with E-state index in [1.807, 2.05) is 5.38 Å². The van der Waals surface area contributed by atoms with Crippen LogP contribution < -0.4 is 4.74 Å². The zero-order chi connectivity index (χ0) is 14.7. The van der Waals surface area contributed by atoms with E-state index in [1.165, 1.54) is 11.3 Å². The first-order chi connectivity index (χ1) is 9.49. The summed E-state index contributed by atoms with van der Waals surface area (Å²) < 4.78 is 18.8. The number of halogens is 1. The van der Waals surface area contributed by atoms with Gasteiger partial charge in [0.2, 0.25) is 0 Å². The van der Waals surface area contributed by atoms with Crippen LogP contribution in [0, 0.1) is 15.9 Å². The first-order valence-electron chi connectivity index (χ1n) is 5.35. The lowest BCUT2D eigenvalue weighted by Gasteiger charge is -2.07. The average Bonchev–Trinajstić information content (AvgIpc) is 2.89. The number of aromatic carboxylic acids is 1. The summed E-state index contributed by atoms with van der Waals surface area (Å²) in [5.41, 5.74) is -1.42. The molecule has 6 nitrogen and oxygen atoms in total. The summed E-state index contributed by atoms with van der Waals surface area (Å²) >= 11 is 1.39. The van der Waals surface area contributed by atoms with Crippen LogP contribution in [0.15, 0.2) is 29.6 Å². The quantitative estimate of drug-likeness (QED) is 0.676. The van der Waals surface area contributed by atoms with Gasteiger partial charge in [-0.25, -0.2) is 9.18 Å². The van der Waals surface area contributed by atoms with E-state index in [0.717, 1.165) is 10.9 Å². The second kappa shape index (κ2) is 5.66. The summed E-state index contributed by atoms with van der Waals surface area (Å²) in [5, 5.41) is 21.4. The molecule has 104 valence electrons. The topological polar surface area (TPSA) is 89.7 Å². The van der Waals surface area contributed by atoms with Gasteiger partial charge in [0, 0.05) is 10.9 Å². The van der Waals surface area contributed by atoms with Crippen LogP contribution in [0.4, 0.5) is 10.1 Å². The molecule has 20 heavy (non-hydrogen) atoms. The molecular weight excluding hydrogens is 289 g/mol. The van der Waals surface area contributed by atoms with Crippen molar-refractivity contribution >= 4 is 23.0 Å². The fourth-order valence-corrected chi connectivity index (χ4v) is 2.14. The Kier molecular flexibility index (Phi) is 3.94. The largest absolute Gasteiger partial charge is 0.485 e. The van der Waals surface area contributed by atoms with Crippen molar-refractivity contribution in [3.05, 3.63) is 56.0 Å². The highest BCUT2D eigenvalue weighted by atomic mass is 32.1. The lowest BCUT2D eigenvalue weighted by atomic mass is 10.1. The van der Waals surface area contributed by atoms with Gasteiger partial charge in [0.05, 0.1) is 11.0 Å². The summed E-state index contributed by atoms with van der Waals surface area (Å²) in [6.07, 6.45) is 0. The van der Waals surface area contributed by atoms with E-state index in [0.29, 0.717) is 6.07 Å². The molecule has 0 aliphatic carbocycles. The number of nitro benzene ring substituents is 1. The van der Waals surface area contributed by atoms with E-state index in [1.54, 1.807) is 12.1 Å². The molecule has 2 aromatic rings. The average molecular weight is 297 g/mol. The standard InChI is InChI=1S/C12H8FNO5S/c13-9-5-10(14(17)18)8(12(15)16)4-11(9)19-6-7-2-1-3-20-7/h1-5H,6H2,(H,15,16). The Bertz CT molecular complexity index is 656. The number of hydrogen-bond donors (Lipinski definition) is 1. The zero-order valence-corrected chi connectivity index (χ0v) is 10.7. The molecule has 1 aromatic carbocycles. The lowest BCUT2D eigenvalue weighted by Crippen LogP contribution is -2.05. The van der Waals surface area contributed by atoms with Crippen LogP contribution >= 0.6 is 11.3 Å². The smallest absolute Gasteiger partial charge is 0.342 e. The van der Waals surface area contributed by atoms with Gasteiger partial charge < -0.3 is 9.84 Å². The van der Waals surface area contributed by atoms with Crippen LogP contribution in [-0.2, 0) is 6.61 Å². The Morgan fingerprint density at radius 3 is 2.80 bits per heavy atom. The molecule has 0 fully saturated rings. The highest BCUT2D eigenvalue weighted by molar-refractivity contribution is 7.09. The maximum Gasteiger partial charge on any atom is 0.342 e. The molecule has 1 N–H and O–H groups in total.